The quantitative estimate of drug-likeness (QED) is 0.630. The minimum Gasteiger partial charge on any atom is -0.337 e. The number of rotatable bonds is 7. The summed E-state index contributed by atoms with van der Waals surface area (Å²) in [4.78, 5) is 14.6. The molecular weight excluding hydrogens is 400 g/mol. The van der Waals surface area contributed by atoms with E-state index in [4.69, 9.17) is 0 Å². The molecule has 0 saturated carbocycles. The van der Waals surface area contributed by atoms with Crippen LogP contribution in [0.5, 0.6) is 0 Å². The molecule has 3 rings (SSSR count). The van der Waals surface area contributed by atoms with Crippen molar-refractivity contribution in [3.63, 3.8) is 0 Å². The molecule has 7 nitrogen and oxygen atoms in total. The zero-order valence-electron chi connectivity index (χ0n) is 17.6. The number of nitrogens with zero attached hydrogens (tertiary/aromatic N) is 3. The Kier molecular flexibility index (Phi) is 6.38. The van der Waals surface area contributed by atoms with Gasteiger partial charge in [-0.2, -0.15) is 5.10 Å². The summed E-state index contributed by atoms with van der Waals surface area (Å²) in [6.45, 7) is 4.56. The van der Waals surface area contributed by atoms with Crippen LogP contribution in [-0.4, -0.2) is 43.1 Å². The maximum absolute atomic E-state index is 13.0. The van der Waals surface area contributed by atoms with Crippen molar-refractivity contribution in [1.82, 2.24) is 19.4 Å². The van der Waals surface area contributed by atoms with Gasteiger partial charge in [-0.25, -0.2) is 13.1 Å². The summed E-state index contributed by atoms with van der Waals surface area (Å²) in [6, 6.07) is 13.2. The molecule has 0 radical (unpaired) electrons. The lowest BCUT2D eigenvalue weighted by molar-refractivity contribution is 0.0784. The van der Waals surface area contributed by atoms with Gasteiger partial charge in [-0.1, -0.05) is 30.3 Å². The predicted molar refractivity (Wildman–Crippen MR) is 116 cm³/mol. The second-order valence-corrected chi connectivity index (χ2v) is 9.17. The van der Waals surface area contributed by atoms with E-state index in [0.717, 1.165) is 16.7 Å². The van der Waals surface area contributed by atoms with Gasteiger partial charge in [0.1, 0.15) is 0 Å². The Balaban J connectivity index is 1.77. The topological polar surface area (TPSA) is 84.3 Å². The molecule has 8 heteroatoms. The highest BCUT2D eigenvalue weighted by atomic mass is 32.2. The Labute approximate surface area is 177 Å². The van der Waals surface area contributed by atoms with E-state index in [2.05, 4.69) is 9.82 Å². The van der Waals surface area contributed by atoms with Gasteiger partial charge in [0.25, 0.3) is 5.91 Å². The maximum Gasteiger partial charge on any atom is 0.253 e. The van der Waals surface area contributed by atoms with Crippen LogP contribution in [0, 0.1) is 13.8 Å². The molecule has 3 aromatic rings. The van der Waals surface area contributed by atoms with Crippen molar-refractivity contribution in [2.24, 2.45) is 0 Å². The third kappa shape index (κ3) is 4.77. The van der Waals surface area contributed by atoms with Crippen LogP contribution in [0.2, 0.25) is 0 Å². The van der Waals surface area contributed by atoms with Crippen LogP contribution in [0.15, 0.2) is 59.8 Å². The number of carbonyl (C=O) groups excluding carboxylic acids is 1. The molecule has 0 fully saturated rings. The number of carbonyl (C=O) groups is 1. The van der Waals surface area contributed by atoms with Gasteiger partial charge in [0.2, 0.25) is 10.0 Å². The Bertz CT molecular complexity index is 1150. The van der Waals surface area contributed by atoms with Crippen molar-refractivity contribution in [3.8, 4) is 0 Å². The fourth-order valence-corrected chi connectivity index (χ4v) is 4.32. The summed E-state index contributed by atoms with van der Waals surface area (Å²) in [5, 5.41) is 4.37. The lowest BCUT2D eigenvalue weighted by Crippen LogP contribution is -2.27. The SMILES string of the molecule is CNS(=O)(=O)c1cc(C(=O)N(C)Cc2cnn(Cc3ccccc3)c2)cc(C)c1C. The summed E-state index contributed by atoms with van der Waals surface area (Å²) < 4.78 is 28.8. The Hall–Kier alpha value is -2.97. The molecule has 0 aliphatic rings. The molecule has 0 saturated heterocycles. The van der Waals surface area contributed by atoms with Crippen LogP contribution >= 0.6 is 0 Å². The van der Waals surface area contributed by atoms with E-state index in [1.807, 2.05) is 41.2 Å². The molecule has 1 heterocycles. The fourth-order valence-electron chi connectivity index (χ4n) is 3.25. The molecule has 1 aromatic heterocycles. The van der Waals surface area contributed by atoms with Crippen LogP contribution < -0.4 is 4.72 Å². The average molecular weight is 427 g/mol. The van der Waals surface area contributed by atoms with Crippen molar-refractivity contribution in [2.75, 3.05) is 14.1 Å². The average Bonchev–Trinajstić information content (AvgIpc) is 3.16. The first kappa shape index (κ1) is 21.7. The van der Waals surface area contributed by atoms with Crippen molar-refractivity contribution in [1.29, 1.82) is 0 Å². The molecule has 30 heavy (non-hydrogen) atoms. The van der Waals surface area contributed by atoms with E-state index >= 15 is 0 Å². The minimum absolute atomic E-state index is 0.123. The molecule has 0 bridgehead atoms. The number of nitrogens with one attached hydrogen (secondary N) is 1. The molecule has 2 aromatic carbocycles. The Morgan fingerprint density at radius 2 is 1.83 bits per heavy atom. The van der Waals surface area contributed by atoms with Gasteiger partial charge in [-0.15, -0.1) is 0 Å². The smallest absolute Gasteiger partial charge is 0.253 e. The highest BCUT2D eigenvalue weighted by molar-refractivity contribution is 7.89. The summed E-state index contributed by atoms with van der Waals surface area (Å²) in [7, 11) is -0.601. The number of hydrogen-bond donors (Lipinski definition) is 1. The summed E-state index contributed by atoms with van der Waals surface area (Å²) >= 11 is 0. The molecule has 0 atom stereocenters. The van der Waals surface area contributed by atoms with E-state index in [-0.39, 0.29) is 10.8 Å². The molecule has 0 aliphatic carbocycles. The van der Waals surface area contributed by atoms with Crippen LogP contribution in [0.25, 0.3) is 0 Å². The first-order valence-corrected chi connectivity index (χ1v) is 11.0. The van der Waals surface area contributed by atoms with Gasteiger partial charge in [0.05, 0.1) is 17.6 Å². The predicted octanol–water partition coefficient (Wildman–Crippen LogP) is 2.73. The molecule has 1 N–H and O–H groups in total. The van der Waals surface area contributed by atoms with Gasteiger partial charge < -0.3 is 4.90 Å². The van der Waals surface area contributed by atoms with Gasteiger partial charge in [-0.05, 0) is 49.7 Å². The Morgan fingerprint density at radius 3 is 2.50 bits per heavy atom. The van der Waals surface area contributed by atoms with Crippen LogP contribution in [0.1, 0.15) is 32.6 Å². The van der Waals surface area contributed by atoms with Gasteiger partial charge in [-0.3, -0.25) is 9.48 Å². The minimum atomic E-state index is -3.65. The fraction of sp³-hybridized carbons (Fsp3) is 0.273. The molecule has 0 spiro atoms. The van der Waals surface area contributed by atoms with Crippen molar-refractivity contribution < 1.29 is 13.2 Å². The molecule has 1 amide bonds. The Morgan fingerprint density at radius 1 is 1.13 bits per heavy atom. The number of benzene rings is 2. The van der Waals surface area contributed by atoms with Crippen LogP contribution in [-0.2, 0) is 23.1 Å². The zero-order valence-corrected chi connectivity index (χ0v) is 18.4. The first-order valence-electron chi connectivity index (χ1n) is 9.57. The molecule has 0 aliphatic heterocycles. The van der Waals surface area contributed by atoms with Gasteiger partial charge >= 0.3 is 0 Å². The molecule has 158 valence electrons. The van der Waals surface area contributed by atoms with E-state index in [9.17, 15) is 13.2 Å². The van der Waals surface area contributed by atoms with E-state index < -0.39 is 10.0 Å². The largest absolute Gasteiger partial charge is 0.337 e. The van der Waals surface area contributed by atoms with Gasteiger partial charge in [0, 0.05) is 30.9 Å². The summed E-state index contributed by atoms with van der Waals surface area (Å²) in [5.74, 6) is -0.249. The molecular formula is C22H26N4O3S. The first-order chi connectivity index (χ1) is 14.2. The maximum atomic E-state index is 13.0. The highest BCUT2D eigenvalue weighted by Crippen LogP contribution is 2.22. The molecule has 0 unspecified atom stereocenters. The van der Waals surface area contributed by atoms with Crippen LogP contribution in [0.3, 0.4) is 0 Å². The standard InChI is InChI=1S/C22H26N4O3S/c1-16-10-20(11-21(17(16)2)30(28,29)23-3)22(27)25(4)13-19-12-24-26(15-19)14-18-8-6-5-7-9-18/h5-12,15,23H,13-14H2,1-4H3. The van der Waals surface area contributed by atoms with Crippen molar-refractivity contribution >= 4 is 15.9 Å². The normalized spacial score (nSPS) is 11.5. The number of aryl methyl sites for hydroxylation is 1. The summed E-state index contributed by atoms with van der Waals surface area (Å²) in [5.41, 5.74) is 3.76. The second kappa shape index (κ2) is 8.81. The number of aromatic nitrogens is 2. The monoisotopic (exact) mass is 426 g/mol. The summed E-state index contributed by atoms with van der Waals surface area (Å²) in [6.07, 6.45) is 3.65. The van der Waals surface area contributed by atoms with E-state index in [1.165, 1.54) is 13.1 Å². The zero-order chi connectivity index (χ0) is 21.9. The number of amides is 1. The number of sulfonamides is 1. The number of hydrogen-bond acceptors (Lipinski definition) is 4. The van der Waals surface area contributed by atoms with Crippen molar-refractivity contribution in [3.05, 3.63) is 82.7 Å². The van der Waals surface area contributed by atoms with Crippen molar-refractivity contribution in [2.45, 2.75) is 31.8 Å². The third-order valence-corrected chi connectivity index (χ3v) is 6.61. The second-order valence-electron chi connectivity index (χ2n) is 7.32. The van der Waals surface area contributed by atoms with E-state index in [1.54, 1.807) is 38.1 Å². The third-order valence-electron chi connectivity index (χ3n) is 5.07. The van der Waals surface area contributed by atoms with E-state index in [0.29, 0.717) is 24.2 Å². The highest BCUT2D eigenvalue weighted by Gasteiger charge is 2.21. The lowest BCUT2D eigenvalue weighted by atomic mass is 10.1. The van der Waals surface area contributed by atoms with Gasteiger partial charge in [0.15, 0.2) is 0 Å². The van der Waals surface area contributed by atoms with Crippen LogP contribution in [0.4, 0.5) is 0 Å². The lowest BCUT2D eigenvalue weighted by Gasteiger charge is -2.18.